The van der Waals surface area contributed by atoms with Crippen LogP contribution in [0.25, 0.3) is 5.69 Å². The van der Waals surface area contributed by atoms with Gasteiger partial charge < -0.3 is 9.30 Å². The number of aryl methyl sites for hydroxylation is 1. The number of aromatic nitrogens is 1. The van der Waals surface area contributed by atoms with E-state index >= 15 is 0 Å². The molecular formula is C23H22N4O5. The number of nitrogens with one attached hydrogen (secondary N) is 1. The number of esters is 1. The lowest BCUT2D eigenvalue weighted by Gasteiger charge is -2.11. The van der Waals surface area contributed by atoms with Crippen LogP contribution in [0.15, 0.2) is 59.7 Å². The highest BCUT2D eigenvalue weighted by Crippen LogP contribution is 2.21. The van der Waals surface area contributed by atoms with Gasteiger partial charge in [0.2, 0.25) is 0 Å². The Kier molecular flexibility index (Phi) is 6.79. The van der Waals surface area contributed by atoms with Gasteiger partial charge in [0.25, 0.3) is 11.6 Å². The maximum Gasteiger partial charge on any atom is 0.338 e. The maximum absolute atomic E-state index is 12.3. The first-order valence-corrected chi connectivity index (χ1v) is 9.86. The van der Waals surface area contributed by atoms with E-state index in [1.165, 1.54) is 24.4 Å². The molecule has 1 heterocycles. The molecule has 164 valence electrons. The number of ether oxygens (including phenoxy) is 1. The molecule has 3 rings (SSSR count). The third kappa shape index (κ3) is 4.72. The highest BCUT2D eigenvalue weighted by Gasteiger charge is 2.18. The molecule has 0 bridgehead atoms. The Hall–Kier alpha value is -4.27. The Morgan fingerprint density at radius 2 is 1.91 bits per heavy atom. The lowest BCUT2D eigenvalue weighted by atomic mass is 10.2. The van der Waals surface area contributed by atoms with E-state index in [9.17, 15) is 19.7 Å². The number of hydrazone groups is 1. The van der Waals surface area contributed by atoms with Crippen molar-refractivity contribution in [2.24, 2.45) is 5.10 Å². The molecule has 0 aliphatic carbocycles. The standard InChI is InChI=1S/C23H22N4O5/c1-4-32-23(29)17-8-7-9-19(13-17)26-15(2)12-18(16(26)3)14-24-25-22(28)20-10-5-6-11-21(20)27(30)31/h5-14H,4H2,1-3H3,(H,25,28)/b24-14-. The summed E-state index contributed by atoms with van der Waals surface area (Å²) < 4.78 is 7.02. The van der Waals surface area contributed by atoms with Crippen molar-refractivity contribution in [3.63, 3.8) is 0 Å². The van der Waals surface area contributed by atoms with Crippen molar-refractivity contribution in [1.82, 2.24) is 9.99 Å². The molecule has 2 aromatic carbocycles. The molecule has 1 N–H and O–H groups in total. The first kappa shape index (κ1) is 22.4. The number of benzene rings is 2. The van der Waals surface area contributed by atoms with Crippen LogP contribution in [-0.4, -0.2) is 34.2 Å². The number of nitrogens with zero attached hydrogens (tertiary/aromatic N) is 3. The molecule has 9 heteroatoms. The molecule has 0 saturated carbocycles. The molecular weight excluding hydrogens is 412 g/mol. The predicted molar refractivity (Wildman–Crippen MR) is 119 cm³/mol. The van der Waals surface area contributed by atoms with Crippen molar-refractivity contribution in [2.75, 3.05) is 6.61 Å². The van der Waals surface area contributed by atoms with Gasteiger partial charge in [0.15, 0.2) is 0 Å². The van der Waals surface area contributed by atoms with Crippen LogP contribution in [0.3, 0.4) is 0 Å². The minimum atomic E-state index is -0.676. The molecule has 0 aliphatic rings. The first-order valence-electron chi connectivity index (χ1n) is 9.86. The summed E-state index contributed by atoms with van der Waals surface area (Å²) in [4.78, 5) is 34.9. The number of rotatable bonds is 7. The quantitative estimate of drug-likeness (QED) is 0.262. The van der Waals surface area contributed by atoms with Crippen LogP contribution in [-0.2, 0) is 4.74 Å². The lowest BCUT2D eigenvalue weighted by molar-refractivity contribution is -0.385. The SMILES string of the molecule is CCOC(=O)c1cccc(-n2c(C)cc(/C=N\NC(=O)c3ccccc3[N+](=O)[O-])c2C)c1. The molecule has 0 atom stereocenters. The fourth-order valence-corrected chi connectivity index (χ4v) is 3.35. The number of hydrogen-bond acceptors (Lipinski definition) is 6. The summed E-state index contributed by atoms with van der Waals surface area (Å²) in [6, 6.07) is 14.6. The van der Waals surface area contributed by atoms with Gasteiger partial charge in [-0.1, -0.05) is 18.2 Å². The average Bonchev–Trinajstić information content (AvgIpc) is 3.06. The van der Waals surface area contributed by atoms with Crippen LogP contribution in [0.2, 0.25) is 0 Å². The Labute approximate surface area is 184 Å². The van der Waals surface area contributed by atoms with Gasteiger partial charge >= 0.3 is 5.97 Å². The summed E-state index contributed by atoms with van der Waals surface area (Å²) in [5.74, 6) is -1.07. The first-order chi connectivity index (χ1) is 15.3. The van der Waals surface area contributed by atoms with Crippen molar-refractivity contribution in [2.45, 2.75) is 20.8 Å². The molecule has 0 spiro atoms. The second-order valence-electron chi connectivity index (χ2n) is 6.91. The number of nitro groups is 1. The zero-order chi connectivity index (χ0) is 23.3. The lowest BCUT2D eigenvalue weighted by Crippen LogP contribution is -2.19. The van der Waals surface area contributed by atoms with Crippen LogP contribution >= 0.6 is 0 Å². The third-order valence-corrected chi connectivity index (χ3v) is 4.80. The monoisotopic (exact) mass is 434 g/mol. The van der Waals surface area contributed by atoms with Crippen LogP contribution in [0, 0.1) is 24.0 Å². The molecule has 1 amide bonds. The minimum absolute atomic E-state index is 0.0732. The number of nitro benzene ring substituents is 1. The molecule has 3 aromatic rings. The molecule has 9 nitrogen and oxygen atoms in total. The second-order valence-corrected chi connectivity index (χ2v) is 6.91. The highest BCUT2D eigenvalue weighted by molar-refractivity contribution is 5.98. The highest BCUT2D eigenvalue weighted by atomic mass is 16.6. The van der Waals surface area contributed by atoms with Crippen molar-refractivity contribution in [1.29, 1.82) is 0 Å². The van der Waals surface area contributed by atoms with Gasteiger partial charge in [0, 0.05) is 28.7 Å². The average molecular weight is 434 g/mol. The fourth-order valence-electron chi connectivity index (χ4n) is 3.35. The summed E-state index contributed by atoms with van der Waals surface area (Å²) in [7, 11) is 0. The van der Waals surface area contributed by atoms with E-state index in [4.69, 9.17) is 4.74 Å². The van der Waals surface area contributed by atoms with Crippen LogP contribution in [0.4, 0.5) is 5.69 Å². The normalized spacial score (nSPS) is 10.8. The number of para-hydroxylation sites is 1. The smallest absolute Gasteiger partial charge is 0.338 e. The van der Waals surface area contributed by atoms with Gasteiger partial charge in [-0.2, -0.15) is 5.10 Å². The van der Waals surface area contributed by atoms with E-state index in [0.717, 1.165) is 22.6 Å². The zero-order valence-electron chi connectivity index (χ0n) is 17.9. The van der Waals surface area contributed by atoms with E-state index < -0.39 is 16.8 Å². The van der Waals surface area contributed by atoms with Crippen molar-refractivity contribution in [3.05, 3.63) is 92.8 Å². The van der Waals surface area contributed by atoms with Gasteiger partial charge in [-0.3, -0.25) is 14.9 Å². The number of hydrogen-bond donors (Lipinski definition) is 1. The summed E-state index contributed by atoms with van der Waals surface area (Å²) in [6.45, 7) is 5.84. The Morgan fingerprint density at radius 3 is 2.62 bits per heavy atom. The topological polar surface area (TPSA) is 116 Å². The van der Waals surface area contributed by atoms with E-state index in [0.29, 0.717) is 12.2 Å². The van der Waals surface area contributed by atoms with Crippen molar-refractivity contribution < 1.29 is 19.2 Å². The van der Waals surface area contributed by atoms with E-state index in [-0.39, 0.29) is 11.3 Å². The van der Waals surface area contributed by atoms with E-state index in [2.05, 4.69) is 10.5 Å². The Balaban J connectivity index is 1.82. The molecule has 0 fully saturated rings. The largest absolute Gasteiger partial charge is 0.462 e. The maximum atomic E-state index is 12.3. The summed E-state index contributed by atoms with van der Waals surface area (Å²) in [5, 5.41) is 15.1. The minimum Gasteiger partial charge on any atom is -0.462 e. The molecule has 0 unspecified atom stereocenters. The van der Waals surface area contributed by atoms with Gasteiger partial charge in [-0.15, -0.1) is 0 Å². The van der Waals surface area contributed by atoms with Gasteiger partial charge in [0.05, 0.1) is 23.3 Å². The molecule has 1 aromatic heterocycles. The molecule has 32 heavy (non-hydrogen) atoms. The van der Waals surface area contributed by atoms with Crippen molar-refractivity contribution >= 4 is 23.8 Å². The number of carbonyl (C=O) groups excluding carboxylic acids is 2. The Morgan fingerprint density at radius 1 is 1.16 bits per heavy atom. The van der Waals surface area contributed by atoms with E-state index in [1.54, 1.807) is 31.2 Å². The van der Waals surface area contributed by atoms with Crippen LogP contribution in [0.5, 0.6) is 0 Å². The molecule has 0 aliphatic heterocycles. The fraction of sp³-hybridized carbons (Fsp3) is 0.174. The van der Waals surface area contributed by atoms with E-state index in [1.807, 2.05) is 30.5 Å². The molecule has 0 saturated heterocycles. The zero-order valence-corrected chi connectivity index (χ0v) is 17.9. The van der Waals surface area contributed by atoms with Crippen LogP contribution < -0.4 is 5.43 Å². The number of carbonyl (C=O) groups is 2. The predicted octanol–water partition coefficient (Wildman–Crippen LogP) is 3.94. The summed E-state index contributed by atoms with van der Waals surface area (Å²) in [6.07, 6.45) is 1.47. The second kappa shape index (κ2) is 9.69. The number of amides is 1. The molecule has 0 radical (unpaired) electrons. The van der Waals surface area contributed by atoms with Gasteiger partial charge in [-0.25, -0.2) is 10.2 Å². The summed E-state index contributed by atoms with van der Waals surface area (Å²) in [5.41, 5.74) is 5.68. The summed E-state index contributed by atoms with van der Waals surface area (Å²) >= 11 is 0. The Bertz CT molecular complexity index is 1210. The third-order valence-electron chi connectivity index (χ3n) is 4.80. The van der Waals surface area contributed by atoms with Crippen LogP contribution in [0.1, 0.15) is 44.6 Å². The van der Waals surface area contributed by atoms with Gasteiger partial charge in [-0.05, 0) is 51.1 Å². The van der Waals surface area contributed by atoms with Crippen molar-refractivity contribution in [3.8, 4) is 5.69 Å². The van der Waals surface area contributed by atoms with Gasteiger partial charge in [0.1, 0.15) is 5.56 Å².